The number of sulfonamides is 1. The molecule has 1 fully saturated rings. The smallest absolute Gasteiger partial charge is 0.260 e. The van der Waals surface area contributed by atoms with Gasteiger partial charge >= 0.3 is 0 Å². The van der Waals surface area contributed by atoms with E-state index >= 15 is 0 Å². The van der Waals surface area contributed by atoms with Crippen LogP contribution in [0.2, 0.25) is 0 Å². The van der Waals surface area contributed by atoms with Gasteiger partial charge in [0.15, 0.2) is 5.03 Å². The highest BCUT2D eigenvalue weighted by Crippen LogP contribution is 2.26. The Kier molecular flexibility index (Phi) is 3.53. The fraction of sp³-hybridized carbons (Fsp3) is 0.533. The van der Waals surface area contributed by atoms with Gasteiger partial charge in [0.2, 0.25) is 0 Å². The average Bonchev–Trinajstić information content (AvgIpc) is 3.14. The van der Waals surface area contributed by atoms with Crippen LogP contribution in [0.25, 0.3) is 5.52 Å². The molecule has 2 heterocycles. The van der Waals surface area contributed by atoms with E-state index in [0.29, 0.717) is 5.52 Å². The summed E-state index contributed by atoms with van der Waals surface area (Å²) in [6, 6.07) is 3.92. The summed E-state index contributed by atoms with van der Waals surface area (Å²) in [5.74, 6) is 0.950. The zero-order chi connectivity index (χ0) is 15.2. The molecule has 1 aliphatic carbocycles. The van der Waals surface area contributed by atoms with Gasteiger partial charge in [-0.05, 0) is 30.9 Å². The van der Waals surface area contributed by atoms with E-state index in [1.807, 2.05) is 36.6 Å². The third-order valence-corrected chi connectivity index (χ3v) is 5.22. The molecular weight excluding hydrogens is 286 g/mol. The summed E-state index contributed by atoms with van der Waals surface area (Å²) >= 11 is 0. The Balaban J connectivity index is 2.18. The van der Waals surface area contributed by atoms with Crippen LogP contribution in [0.15, 0.2) is 23.4 Å². The van der Waals surface area contributed by atoms with E-state index in [9.17, 15) is 8.42 Å². The number of nitrogens with one attached hydrogen (secondary N) is 1. The van der Waals surface area contributed by atoms with Gasteiger partial charge in [-0.3, -0.25) is 0 Å². The van der Waals surface area contributed by atoms with Crippen LogP contribution in [0.1, 0.15) is 50.9 Å². The summed E-state index contributed by atoms with van der Waals surface area (Å²) in [5, 5.41) is 0.153. The lowest BCUT2D eigenvalue weighted by Gasteiger charge is -2.05. The number of nitrogens with zero attached hydrogens (tertiary/aromatic N) is 2. The highest BCUT2D eigenvalue weighted by molar-refractivity contribution is 7.89. The minimum atomic E-state index is -3.54. The molecule has 0 bridgehead atoms. The maximum absolute atomic E-state index is 12.5. The minimum absolute atomic E-state index is 0.0872. The number of pyridine rings is 1. The fourth-order valence-corrected chi connectivity index (χ4v) is 3.86. The van der Waals surface area contributed by atoms with Crippen molar-refractivity contribution >= 4 is 15.5 Å². The molecule has 0 atom stereocenters. The van der Waals surface area contributed by atoms with E-state index < -0.39 is 10.0 Å². The molecule has 2 aromatic heterocycles. The van der Waals surface area contributed by atoms with E-state index in [0.717, 1.165) is 25.1 Å². The van der Waals surface area contributed by atoms with Gasteiger partial charge in [-0.15, -0.1) is 0 Å². The van der Waals surface area contributed by atoms with E-state index in [4.69, 9.17) is 0 Å². The van der Waals surface area contributed by atoms with Crippen LogP contribution < -0.4 is 4.72 Å². The molecule has 1 saturated carbocycles. The molecule has 0 saturated heterocycles. The minimum Gasteiger partial charge on any atom is -0.302 e. The molecule has 0 spiro atoms. The molecule has 114 valence electrons. The maximum Gasteiger partial charge on any atom is 0.260 e. The van der Waals surface area contributed by atoms with E-state index in [-0.39, 0.29) is 17.0 Å². The average molecular weight is 307 g/mol. The highest BCUT2D eigenvalue weighted by Gasteiger charge is 2.31. The summed E-state index contributed by atoms with van der Waals surface area (Å²) in [6.45, 7) is 6.13. The third-order valence-electron chi connectivity index (χ3n) is 3.77. The molecule has 0 unspecified atom stereocenters. The topological polar surface area (TPSA) is 63.5 Å². The Morgan fingerprint density at radius 2 is 2.10 bits per heavy atom. The molecule has 0 aromatic carbocycles. The van der Waals surface area contributed by atoms with Crippen LogP contribution in [0.5, 0.6) is 0 Å². The summed E-state index contributed by atoms with van der Waals surface area (Å²) in [4.78, 5) is 4.43. The standard InChI is InChI=1S/C15H21N3O2S/c1-4-11-5-8-13-15(21(19,20)17-12-6-7-12)16-14(10(2)3)18(13)9-11/h5,8-10,12,17H,4,6-7H2,1-3H3. The second-order valence-electron chi connectivity index (χ2n) is 5.97. The maximum atomic E-state index is 12.5. The number of fused-ring (bicyclic) bond motifs is 1. The van der Waals surface area contributed by atoms with Crippen LogP contribution in [-0.4, -0.2) is 23.8 Å². The lowest BCUT2D eigenvalue weighted by molar-refractivity contribution is 0.578. The second kappa shape index (κ2) is 5.10. The first kappa shape index (κ1) is 14.5. The van der Waals surface area contributed by atoms with Gasteiger partial charge < -0.3 is 4.40 Å². The van der Waals surface area contributed by atoms with Crippen molar-refractivity contribution in [3.63, 3.8) is 0 Å². The molecule has 1 N–H and O–H groups in total. The first-order valence-corrected chi connectivity index (χ1v) is 8.94. The zero-order valence-electron chi connectivity index (χ0n) is 12.6. The predicted octanol–water partition coefficient (Wildman–Crippen LogP) is 2.46. The highest BCUT2D eigenvalue weighted by atomic mass is 32.2. The summed E-state index contributed by atoms with van der Waals surface area (Å²) in [7, 11) is -3.54. The van der Waals surface area contributed by atoms with Crippen molar-refractivity contribution in [2.45, 2.75) is 57.0 Å². The second-order valence-corrected chi connectivity index (χ2v) is 7.60. The Labute approximate surface area is 125 Å². The zero-order valence-corrected chi connectivity index (χ0v) is 13.4. The lowest BCUT2D eigenvalue weighted by atomic mass is 10.2. The van der Waals surface area contributed by atoms with Crippen LogP contribution in [0, 0.1) is 0 Å². The SMILES string of the molecule is CCc1ccc2c(S(=O)(=O)NC3CC3)nc(C(C)C)n2c1. The first-order chi connectivity index (χ1) is 9.92. The number of hydrogen-bond donors (Lipinski definition) is 1. The summed E-state index contributed by atoms with van der Waals surface area (Å²) < 4.78 is 29.6. The van der Waals surface area contributed by atoms with Gasteiger partial charge in [0.25, 0.3) is 10.0 Å². The molecular formula is C15H21N3O2S. The van der Waals surface area contributed by atoms with Gasteiger partial charge in [-0.25, -0.2) is 18.1 Å². The molecule has 0 radical (unpaired) electrons. The van der Waals surface area contributed by atoms with Crippen molar-refractivity contribution in [3.8, 4) is 0 Å². The molecule has 0 amide bonds. The number of aromatic nitrogens is 2. The van der Waals surface area contributed by atoms with Crippen LogP contribution in [0.3, 0.4) is 0 Å². The number of imidazole rings is 1. The Bertz CT molecular complexity index is 774. The monoisotopic (exact) mass is 307 g/mol. The van der Waals surface area contributed by atoms with Gasteiger partial charge in [0, 0.05) is 18.2 Å². The molecule has 2 aromatic rings. The molecule has 0 aliphatic heterocycles. The Hall–Kier alpha value is -1.40. The van der Waals surface area contributed by atoms with E-state index in [2.05, 4.69) is 16.6 Å². The number of hydrogen-bond acceptors (Lipinski definition) is 3. The lowest BCUT2D eigenvalue weighted by Crippen LogP contribution is -2.26. The summed E-state index contributed by atoms with van der Waals surface area (Å²) in [5.41, 5.74) is 1.82. The van der Waals surface area contributed by atoms with Crippen molar-refractivity contribution < 1.29 is 8.42 Å². The number of rotatable bonds is 5. The van der Waals surface area contributed by atoms with Gasteiger partial charge in [0.05, 0.1) is 5.52 Å². The molecule has 21 heavy (non-hydrogen) atoms. The van der Waals surface area contributed by atoms with Crippen molar-refractivity contribution in [1.29, 1.82) is 0 Å². The molecule has 5 nitrogen and oxygen atoms in total. The molecule has 6 heteroatoms. The van der Waals surface area contributed by atoms with Crippen molar-refractivity contribution in [1.82, 2.24) is 14.1 Å². The van der Waals surface area contributed by atoms with Crippen molar-refractivity contribution in [2.24, 2.45) is 0 Å². The Morgan fingerprint density at radius 1 is 1.38 bits per heavy atom. The predicted molar refractivity (Wildman–Crippen MR) is 82.0 cm³/mol. The third kappa shape index (κ3) is 2.70. The van der Waals surface area contributed by atoms with Gasteiger partial charge in [-0.1, -0.05) is 26.8 Å². The molecule has 3 rings (SSSR count). The molecule has 1 aliphatic rings. The van der Waals surface area contributed by atoms with Crippen LogP contribution >= 0.6 is 0 Å². The van der Waals surface area contributed by atoms with E-state index in [1.165, 1.54) is 5.56 Å². The van der Waals surface area contributed by atoms with Crippen molar-refractivity contribution in [2.75, 3.05) is 0 Å². The van der Waals surface area contributed by atoms with E-state index in [1.54, 1.807) is 0 Å². The summed E-state index contributed by atoms with van der Waals surface area (Å²) in [6.07, 6.45) is 4.74. The van der Waals surface area contributed by atoms with Crippen molar-refractivity contribution in [3.05, 3.63) is 29.7 Å². The first-order valence-electron chi connectivity index (χ1n) is 7.45. The van der Waals surface area contributed by atoms with Gasteiger partial charge in [-0.2, -0.15) is 0 Å². The van der Waals surface area contributed by atoms with Crippen LogP contribution in [0.4, 0.5) is 0 Å². The van der Waals surface area contributed by atoms with Crippen LogP contribution in [-0.2, 0) is 16.4 Å². The largest absolute Gasteiger partial charge is 0.302 e. The number of aryl methyl sites for hydroxylation is 1. The Morgan fingerprint density at radius 3 is 2.67 bits per heavy atom. The normalized spacial score (nSPS) is 16.0. The quantitative estimate of drug-likeness (QED) is 0.923. The van der Waals surface area contributed by atoms with Gasteiger partial charge in [0.1, 0.15) is 5.82 Å². The fourth-order valence-electron chi connectivity index (χ4n) is 2.41.